The van der Waals surface area contributed by atoms with Crippen LogP contribution in [0.4, 0.5) is 0 Å². The van der Waals surface area contributed by atoms with Gasteiger partial charge in [0.2, 0.25) is 10.0 Å². The molecule has 98 valence electrons. The van der Waals surface area contributed by atoms with E-state index < -0.39 is 10.0 Å². The predicted molar refractivity (Wildman–Crippen MR) is 67.9 cm³/mol. The van der Waals surface area contributed by atoms with E-state index in [1.54, 1.807) is 32.4 Å². The standard InChI is InChI=1S/C10H18ClN3O2S/c1-7(2)13-17(15,16)10-8(3)12-14(6-5-11)9(10)4/h7,13H,5-6H2,1-4H3. The maximum absolute atomic E-state index is 12.1. The molecule has 5 nitrogen and oxygen atoms in total. The number of aryl methyl sites for hydroxylation is 2. The summed E-state index contributed by atoms with van der Waals surface area (Å²) >= 11 is 5.64. The molecule has 0 aliphatic carbocycles. The third-order valence-corrected chi connectivity index (χ3v) is 4.35. The molecule has 0 amide bonds. The van der Waals surface area contributed by atoms with Crippen molar-refractivity contribution in [2.24, 2.45) is 0 Å². The zero-order valence-electron chi connectivity index (χ0n) is 10.5. The molecule has 0 saturated heterocycles. The van der Waals surface area contributed by atoms with Crippen molar-refractivity contribution in [2.75, 3.05) is 5.88 Å². The molecular weight excluding hydrogens is 262 g/mol. The van der Waals surface area contributed by atoms with Gasteiger partial charge >= 0.3 is 0 Å². The van der Waals surface area contributed by atoms with Crippen molar-refractivity contribution in [1.29, 1.82) is 0 Å². The number of nitrogens with one attached hydrogen (secondary N) is 1. The number of nitrogens with zero attached hydrogens (tertiary/aromatic N) is 2. The molecule has 1 aromatic heterocycles. The molecule has 17 heavy (non-hydrogen) atoms. The van der Waals surface area contributed by atoms with Crippen LogP contribution in [-0.2, 0) is 16.6 Å². The summed E-state index contributed by atoms with van der Waals surface area (Å²) in [6.07, 6.45) is 0. The van der Waals surface area contributed by atoms with Gasteiger partial charge in [-0.05, 0) is 27.7 Å². The quantitative estimate of drug-likeness (QED) is 0.829. The molecule has 0 aliphatic heterocycles. The summed E-state index contributed by atoms with van der Waals surface area (Å²) in [5, 5.41) is 4.19. The van der Waals surface area contributed by atoms with E-state index >= 15 is 0 Å². The van der Waals surface area contributed by atoms with Crippen LogP contribution in [0.5, 0.6) is 0 Å². The largest absolute Gasteiger partial charge is 0.267 e. The number of aromatic nitrogens is 2. The first kappa shape index (κ1) is 14.5. The number of halogens is 1. The Labute approximate surface area is 107 Å². The first-order chi connectivity index (χ1) is 7.79. The van der Waals surface area contributed by atoms with Gasteiger partial charge in [0.15, 0.2) is 0 Å². The smallest absolute Gasteiger partial charge is 0.244 e. The molecular formula is C10H18ClN3O2S. The zero-order valence-corrected chi connectivity index (χ0v) is 12.1. The fourth-order valence-electron chi connectivity index (χ4n) is 1.74. The average molecular weight is 280 g/mol. The van der Waals surface area contributed by atoms with Gasteiger partial charge in [0, 0.05) is 11.9 Å². The SMILES string of the molecule is Cc1nn(CCCl)c(C)c1S(=O)(=O)NC(C)C. The van der Waals surface area contributed by atoms with Crippen molar-refractivity contribution >= 4 is 21.6 Å². The highest BCUT2D eigenvalue weighted by Gasteiger charge is 2.24. The molecule has 0 spiro atoms. The Kier molecular flexibility index (Phi) is 4.57. The minimum atomic E-state index is -3.49. The number of hydrogen-bond donors (Lipinski definition) is 1. The van der Waals surface area contributed by atoms with E-state index in [9.17, 15) is 8.42 Å². The predicted octanol–water partition coefficient (Wildman–Crippen LogP) is 1.43. The highest BCUT2D eigenvalue weighted by molar-refractivity contribution is 7.89. The fraction of sp³-hybridized carbons (Fsp3) is 0.700. The first-order valence-electron chi connectivity index (χ1n) is 5.42. The van der Waals surface area contributed by atoms with E-state index in [2.05, 4.69) is 9.82 Å². The molecule has 0 saturated carbocycles. The third-order valence-electron chi connectivity index (χ3n) is 2.27. The molecule has 1 heterocycles. The van der Waals surface area contributed by atoms with Gasteiger partial charge in [0.25, 0.3) is 0 Å². The van der Waals surface area contributed by atoms with E-state index in [-0.39, 0.29) is 10.9 Å². The molecule has 0 fully saturated rings. The van der Waals surface area contributed by atoms with Crippen LogP contribution >= 0.6 is 11.6 Å². The number of hydrogen-bond acceptors (Lipinski definition) is 3. The Morgan fingerprint density at radius 1 is 1.41 bits per heavy atom. The number of alkyl halides is 1. The highest BCUT2D eigenvalue weighted by Crippen LogP contribution is 2.19. The number of sulfonamides is 1. The molecule has 1 N–H and O–H groups in total. The Bertz CT molecular complexity index is 494. The van der Waals surface area contributed by atoms with Gasteiger partial charge in [-0.1, -0.05) is 0 Å². The summed E-state index contributed by atoms with van der Waals surface area (Å²) in [5.41, 5.74) is 1.12. The monoisotopic (exact) mass is 279 g/mol. The minimum Gasteiger partial charge on any atom is -0.267 e. The van der Waals surface area contributed by atoms with Gasteiger partial charge in [-0.25, -0.2) is 13.1 Å². The van der Waals surface area contributed by atoms with Crippen molar-refractivity contribution in [3.05, 3.63) is 11.4 Å². The zero-order chi connectivity index (χ0) is 13.2. The van der Waals surface area contributed by atoms with Crippen LogP contribution in [-0.4, -0.2) is 30.1 Å². The van der Waals surface area contributed by atoms with E-state index in [1.807, 2.05) is 0 Å². The van der Waals surface area contributed by atoms with Crippen LogP contribution in [0.2, 0.25) is 0 Å². The summed E-state index contributed by atoms with van der Waals surface area (Å²) < 4.78 is 28.4. The summed E-state index contributed by atoms with van der Waals surface area (Å²) in [6.45, 7) is 7.50. The fourth-order valence-corrected chi connectivity index (χ4v) is 3.56. The van der Waals surface area contributed by atoms with Crippen LogP contribution in [0.15, 0.2) is 4.90 Å². The summed E-state index contributed by atoms with van der Waals surface area (Å²) in [5.74, 6) is 0.402. The lowest BCUT2D eigenvalue weighted by Crippen LogP contribution is -2.31. The van der Waals surface area contributed by atoms with Crippen molar-refractivity contribution in [3.8, 4) is 0 Å². The van der Waals surface area contributed by atoms with Gasteiger partial charge in [-0.3, -0.25) is 4.68 Å². The van der Waals surface area contributed by atoms with Crippen LogP contribution in [0.3, 0.4) is 0 Å². The molecule has 0 unspecified atom stereocenters. The molecule has 0 bridgehead atoms. The lowest BCUT2D eigenvalue weighted by atomic mass is 10.4. The molecule has 0 atom stereocenters. The highest BCUT2D eigenvalue weighted by atomic mass is 35.5. The van der Waals surface area contributed by atoms with Crippen molar-refractivity contribution in [1.82, 2.24) is 14.5 Å². The average Bonchev–Trinajstić information content (AvgIpc) is 2.40. The third kappa shape index (κ3) is 3.20. The van der Waals surface area contributed by atoms with Crippen molar-refractivity contribution < 1.29 is 8.42 Å². The molecule has 7 heteroatoms. The molecule has 0 aromatic carbocycles. The Balaban J connectivity index is 3.22. The van der Waals surface area contributed by atoms with Crippen LogP contribution in [0.25, 0.3) is 0 Å². The number of rotatable bonds is 5. The Hall–Kier alpha value is -0.590. The first-order valence-corrected chi connectivity index (χ1v) is 7.43. The lowest BCUT2D eigenvalue weighted by Gasteiger charge is -2.09. The van der Waals surface area contributed by atoms with Crippen molar-refractivity contribution in [2.45, 2.75) is 45.2 Å². The van der Waals surface area contributed by atoms with Gasteiger partial charge < -0.3 is 0 Å². The molecule has 0 aliphatic rings. The van der Waals surface area contributed by atoms with E-state index in [4.69, 9.17) is 11.6 Å². The molecule has 1 aromatic rings. The minimum absolute atomic E-state index is 0.143. The van der Waals surface area contributed by atoms with Gasteiger partial charge in [-0.15, -0.1) is 11.6 Å². The second kappa shape index (κ2) is 5.37. The van der Waals surface area contributed by atoms with Gasteiger partial charge in [-0.2, -0.15) is 5.10 Å². The van der Waals surface area contributed by atoms with Gasteiger partial charge in [0.05, 0.1) is 17.9 Å². The van der Waals surface area contributed by atoms with E-state index in [1.165, 1.54) is 0 Å². The maximum atomic E-state index is 12.1. The topological polar surface area (TPSA) is 64.0 Å². The van der Waals surface area contributed by atoms with E-state index in [0.717, 1.165) is 0 Å². The Morgan fingerprint density at radius 2 is 2.00 bits per heavy atom. The second-order valence-electron chi connectivity index (χ2n) is 4.19. The lowest BCUT2D eigenvalue weighted by molar-refractivity contribution is 0.567. The second-order valence-corrected chi connectivity index (χ2v) is 6.22. The summed E-state index contributed by atoms with van der Waals surface area (Å²) in [4.78, 5) is 0.260. The molecule has 1 rings (SSSR count). The summed E-state index contributed by atoms with van der Waals surface area (Å²) in [6, 6.07) is -0.143. The van der Waals surface area contributed by atoms with Crippen LogP contribution in [0.1, 0.15) is 25.2 Å². The maximum Gasteiger partial charge on any atom is 0.244 e. The normalized spacial score (nSPS) is 12.4. The van der Waals surface area contributed by atoms with Crippen molar-refractivity contribution in [3.63, 3.8) is 0 Å². The van der Waals surface area contributed by atoms with Gasteiger partial charge in [0.1, 0.15) is 4.90 Å². The van der Waals surface area contributed by atoms with Crippen LogP contribution < -0.4 is 4.72 Å². The summed E-state index contributed by atoms with van der Waals surface area (Å²) in [7, 11) is -3.49. The van der Waals surface area contributed by atoms with Crippen LogP contribution in [0, 0.1) is 13.8 Å². The van der Waals surface area contributed by atoms with E-state index in [0.29, 0.717) is 23.8 Å². The Morgan fingerprint density at radius 3 is 2.47 bits per heavy atom. The molecule has 0 radical (unpaired) electrons.